The number of fused-ring (bicyclic) bond motifs is 5. The van der Waals surface area contributed by atoms with E-state index in [1.54, 1.807) is 5.94 Å². The molecule has 0 bridgehead atoms. The van der Waals surface area contributed by atoms with E-state index in [1.165, 1.54) is 24.8 Å². The molecular formula is C22H27FO2. The van der Waals surface area contributed by atoms with Gasteiger partial charge in [0.15, 0.2) is 5.78 Å². The summed E-state index contributed by atoms with van der Waals surface area (Å²) in [5.74, 6) is 3.20. The quantitative estimate of drug-likeness (QED) is 0.652. The van der Waals surface area contributed by atoms with Gasteiger partial charge in [0.1, 0.15) is 11.8 Å². The lowest BCUT2D eigenvalue weighted by Gasteiger charge is -2.54. The molecule has 3 fully saturated rings. The zero-order valence-corrected chi connectivity index (χ0v) is 15.0. The number of ketones is 1. The molecule has 0 heterocycles. The van der Waals surface area contributed by atoms with Crippen LogP contribution in [0.15, 0.2) is 29.1 Å². The molecule has 4 rings (SSSR count). The van der Waals surface area contributed by atoms with Crippen molar-refractivity contribution in [2.75, 3.05) is 0 Å². The van der Waals surface area contributed by atoms with E-state index in [1.807, 2.05) is 6.08 Å². The highest BCUT2D eigenvalue weighted by Crippen LogP contribution is 2.65. The molecule has 0 N–H and O–H groups in total. The zero-order chi connectivity index (χ0) is 17.6. The second kappa shape index (κ2) is 6.36. The van der Waals surface area contributed by atoms with Crippen LogP contribution in [0.25, 0.3) is 0 Å². The van der Waals surface area contributed by atoms with E-state index in [0.29, 0.717) is 24.2 Å². The molecule has 5 atom stereocenters. The van der Waals surface area contributed by atoms with Gasteiger partial charge in [0.2, 0.25) is 0 Å². The molecule has 2 nitrogen and oxygen atoms in total. The Kier molecular flexibility index (Phi) is 4.32. The highest BCUT2D eigenvalue weighted by molar-refractivity contribution is 5.91. The molecule has 0 unspecified atom stereocenters. The lowest BCUT2D eigenvalue weighted by atomic mass is 9.50. The summed E-state index contributed by atoms with van der Waals surface area (Å²) in [6.45, 7) is 2.25. The molecule has 0 aromatic rings. The van der Waals surface area contributed by atoms with E-state index < -0.39 is 0 Å². The number of carbonyl (C=O) groups is 1. The summed E-state index contributed by atoms with van der Waals surface area (Å²) >= 11 is 0. The summed E-state index contributed by atoms with van der Waals surface area (Å²) in [4.78, 5) is 22.7. The molecule has 0 radical (unpaired) electrons. The molecule has 0 aromatic carbocycles. The van der Waals surface area contributed by atoms with Crippen molar-refractivity contribution >= 4 is 11.7 Å². The minimum Gasteiger partial charge on any atom is -0.295 e. The predicted octanol–water partition coefficient (Wildman–Crippen LogP) is 5.13. The van der Waals surface area contributed by atoms with Crippen molar-refractivity contribution in [2.45, 2.75) is 64.7 Å². The Morgan fingerprint density at radius 2 is 2.20 bits per heavy atom. The van der Waals surface area contributed by atoms with Crippen molar-refractivity contribution in [3.63, 3.8) is 0 Å². The van der Waals surface area contributed by atoms with Gasteiger partial charge in [-0.1, -0.05) is 18.9 Å². The molecule has 3 saturated carbocycles. The van der Waals surface area contributed by atoms with Gasteiger partial charge in [0.25, 0.3) is 0 Å². The van der Waals surface area contributed by atoms with Gasteiger partial charge in [-0.05, 0) is 85.7 Å². The second-order valence-electron chi connectivity index (χ2n) is 8.59. The number of hydrogen-bond donors (Lipinski definition) is 0. The summed E-state index contributed by atoms with van der Waals surface area (Å²) in [5.41, 5.74) is 2.31. The predicted molar refractivity (Wildman–Crippen MR) is 95.1 cm³/mol. The fourth-order valence-electron chi connectivity index (χ4n) is 6.80. The van der Waals surface area contributed by atoms with Gasteiger partial charge in [0, 0.05) is 6.42 Å². The monoisotopic (exact) mass is 342 g/mol. The summed E-state index contributed by atoms with van der Waals surface area (Å²) < 4.78 is 14.9. The van der Waals surface area contributed by atoms with Crippen LogP contribution < -0.4 is 0 Å². The third kappa shape index (κ3) is 2.59. The van der Waals surface area contributed by atoms with E-state index in [-0.39, 0.29) is 22.9 Å². The van der Waals surface area contributed by atoms with E-state index >= 15 is 0 Å². The van der Waals surface area contributed by atoms with Crippen molar-refractivity contribution in [3.8, 4) is 0 Å². The Labute approximate surface area is 149 Å². The van der Waals surface area contributed by atoms with Crippen LogP contribution in [0.4, 0.5) is 4.39 Å². The number of allylic oxidation sites excluding steroid dienone is 4. The minimum absolute atomic E-state index is 0.181. The summed E-state index contributed by atoms with van der Waals surface area (Å²) in [6.07, 6.45) is 11.9. The lowest BCUT2D eigenvalue weighted by Crippen LogP contribution is -2.47. The lowest BCUT2D eigenvalue weighted by molar-refractivity contribution is -0.115. The maximum absolute atomic E-state index is 14.9. The van der Waals surface area contributed by atoms with E-state index in [9.17, 15) is 14.0 Å². The average molecular weight is 342 g/mol. The Bertz CT molecular complexity index is 697. The van der Waals surface area contributed by atoms with Crippen molar-refractivity contribution in [2.24, 2.45) is 29.1 Å². The maximum Gasteiger partial charge on any atom is 0.155 e. The third-order valence-corrected chi connectivity index (χ3v) is 7.82. The van der Waals surface area contributed by atoms with Gasteiger partial charge >= 0.3 is 0 Å². The molecule has 0 aliphatic heterocycles. The first-order chi connectivity index (χ1) is 12.1. The molecule has 0 spiro atoms. The Hall–Kier alpha value is -1.47. The smallest absolute Gasteiger partial charge is 0.155 e. The van der Waals surface area contributed by atoms with Crippen molar-refractivity contribution in [3.05, 3.63) is 29.1 Å². The van der Waals surface area contributed by atoms with E-state index in [2.05, 4.69) is 6.92 Å². The molecule has 0 saturated heterocycles. The summed E-state index contributed by atoms with van der Waals surface area (Å²) in [6, 6.07) is 0. The van der Waals surface area contributed by atoms with Crippen LogP contribution in [0.2, 0.25) is 0 Å². The second-order valence-corrected chi connectivity index (χ2v) is 8.59. The first-order valence-corrected chi connectivity index (χ1v) is 9.92. The molecule has 25 heavy (non-hydrogen) atoms. The molecule has 4 aliphatic rings. The first-order valence-electron chi connectivity index (χ1n) is 9.92. The first kappa shape index (κ1) is 17.0. The van der Waals surface area contributed by atoms with E-state index in [0.717, 1.165) is 43.8 Å². The van der Waals surface area contributed by atoms with Crippen molar-refractivity contribution in [1.29, 1.82) is 0 Å². The molecule has 134 valence electrons. The van der Waals surface area contributed by atoms with Crippen molar-refractivity contribution < 1.29 is 14.0 Å². The van der Waals surface area contributed by atoms with Gasteiger partial charge in [-0.3, -0.25) is 4.79 Å². The highest BCUT2D eigenvalue weighted by Gasteiger charge is 2.56. The fourth-order valence-corrected chi connectivity index (χ4v) is 6.80. The van der Waals surface area contributed by atoms with Crippen LogP contribution in [0, 0.1) is 29.1 Å². The van der Waals surface area contributed by atoms with Gasteiger partial charge < -0.3 is 0 Å². The molecule has 4 aliphatic carbocycles. The Morgan fingerprint density at radius 1 is 1.36 bits per heavy atom. The molecule has 0 aromatic heterocycles. The van der Waals surface area contributed by atoms with Gasteiger partial charge in [-0.2, -0.15) is 0 Å². The zero-order valence-electron chi connectivity index (χ0n) is 15.0. The minimum atomic E-state index is -0.346. The standard InChI is InChI=1S/C22H27FO2/c1-2-22-10-3-4-19(22)17-7-5-14-12-15(25)6-8-16(14)21(17)18(13-22)20(23)9-11-24/h9,12,16-17,19,21H,2-8,10,13H2,1H3/t16-,17-,19-,21+,22-/m0/s1. The highest BCUT2D eigenvalue weighted by atomic mass is 19.1. The van der Waals surface area contributed by atoms with Gasteiger partial charge in [-0.15, -0.1) is 0 Å². The van der Waals surface area contributed by atoms with Crippen molar-refractivity contribution in [1.82, 2.24) is 0 Å². The van der Waals surface area contributed by atoms with Crippen LogP contribution in [-0.4, -0.2) is 11.7 Å². The third-order valence-electron chi connectivity index (χ3n) is 7.82. The summed E-state index contributed by atoms with van der Waals surface area (Å²) in [7, 11) is 0. The van der Waals surface area contributed by atoms with Gasteiger partial charge in [-0.25, -0.2) is 9.18 Å². The number of halogens is 1. The van der Waals surface area contributed by atoms with Gasteiger partial charge in [0.05, 0.1) is 6.08 Å². The average Bonchev–Trinajstić information content (AvgIpc) is 3.05. The van der Waals surface area contributed by atoms with E-state index in [4.69, 9.17) is 0 Å². The number of rotatable bonds is 2. The van der Waals surface area contributed by atoms with Crippen LogP contribution in [0.3, 0.4) is 0 Å². The van der Waals surface area contributed by atoms with Crippen LogP contribution >= 0.6 is 0 Å². The maximum atomic E-state index is 14.9. The molecule has 0 amide bonds. The van der Waals surface area contributed by atoms with Crippen LogP contribution in [-0.2, 0) is 9.59 Å². The topological polar surface area (TPSA) is 34.1 Å². The fraction of sp³-hybridized carbons (Fsp3) is 0.682. The molecule has 3 heteroatoms. The number of carbonyl (C=O) groups excluding carboxylic acids is 2. The summed E-state index contributed by atoms with van der Waals surface area (Å²) in [5, 5.41) is 0. The number of hydrogen-bond acceptors (Lipinski definition) is 2. The Balaban J connectivity index is 1.82. The normalized spacial score (nSPS) is 41.8. The van der Waals surface area contributed by atoms with Crippen LogP contribution in [0.5, 0.6) is 0 Å². The largest absolute Gasteiger partial charge is 0.295 e. The SMILES string of the molecule is CC[C@@]12CCC[C@H]1[C@@H]1CCC3=CC(=O)CC[C@@H]3[C@H]1C(=C(F)C=C=O)C2. The van der Waals surface area contributed by atoms with Crippen LogP contribution in [0.1, 0.15) is 64.7 Å². The Morgan fingerprint density at radius 3 is 2.96 bits per heavy atom. The molecular weight excluding hydrogens is 315 g/mol.